The molecule has 3 rings (SSSR count). The Bertz CT molecular complexity index is 709. The summed E-state index contributed by atoms with van der Waals surface area (Å²) in [4.78, 5) is 14.5. The lowest BCUT2D eigenvalue weighted by Crippen LogP contribution is -2.07. The van der Waals surface area contributed by atoms with Crippen LogP contribution in [0.4, 0.5) is 11.6 Å². The topological polar surface area (TPSA) is 109 Å². The van der Waals surface area contributed by atoms with Gasteiger partial charge in [0.25, 0.3) is 5.69 Å². The molecule has 1 heterocycles. The Morgan fingerprint density at radius 1 is 1.29 bits per heavy atom. The molecular formula is C15H18N6O2S. The number of nitro groups is 1. The van der Waals surface area contributed by atoms with Crippen molar-refractivity contribution in [3.05, 3.63) is 39.9 Å². The number of H-pyrrole nitrogens is 1. The summed E-state index contributed by atoms with van der Waals surface area (Å²) in [5.74, 6) is 0.478. The van der Waals surface area contributed by atoms with E-state index in [0.717, 1.165) is 10.7 Å². The van der Waals surface area contributed by atoms with E-state index in [1.807, 2.05) is 0 Å². The molecular weight excluding hydrogens is 328 g/mol. The molecule has 126 valence electrons. The Kier molecular flexibility index (Phi) is 5.42. The fourth-order valence-corrected chi connectivity index (χ4v) is 3.64. The monoisotopic (exact) mass is 346 g/mol. The quantitative estimate of drug-likeness (QED) is 0.470. The molecule has 1 aliphatic carbocycles. The molecule has 1 fully saturated rings. The summed E-state index contributed by atoms with van der Waals surface area (Å²) in [5, 5.41) is 23.0. The first-order valence-electron chi connectivity index (χ1n) is 7.83. The number of hydrazone groups is 1. The zero-order valence-corrected chi connectivity index (χ0v) is 13.8. The summed E-state index contributed by atoms with van der Waals surface area (Å²) in [6.07, 6.45) is 7.91. The van der Waals surface area contributed by atoms with Gasteiger partial charge in [-0.2, -0.15) is 10.1 Å². The van der Waals surface area contributed by atoms with Crippen molar-refractivity contribution >= 4 is 29.6 Å². The molecule has 0 bridgehead atoms. The van der Waals surface area contributed by atoms with Crippen molar-refractivity contribution in [1.82, 2.24) is 15.2 Å². The number of nitrogens with zero attached hydrogens (tertiary/aromatic N) is 4. The van der Waals surface area contributed by atoms with Crippen LogP contribution in [0, 0.1) is 10.1 Å². The molecule has 0 amide bonds. The molecule has 0 atom stereocenters. The number of hydrogen-bond acceptors (Lipinski definition) is 7. The predicted octanol–water partition coefficient (Wildman–Crippen LogP) is 3.58. The number of thioether (sulfide) groups is 1. The fraction of sp³-hybridized carbons (Fsp3) is 0.400. The van der Waals surface area contributed by atoms with Crippen LogP contribution in [-0.4, -0.2) is 31.6 Å². The summed E-state index contributed by atoms with van der Waals surface area (Å²) in [5.41, 5.74) is 3.59. The third-order valence-electron chi connectivity index (χ3n) is 3.78. The van der Waals surface area contributed by atoms with E-state index in [1.54, 1.807) is 30.1 Å². The van der Waals surface area contributed by atoms with Crippen molar-refractivity contribution in [2.24, 2.45) is 5.10 Å². The van der Waals surface area contributed by atoms with Gasteiger partial charge in [0.15, 0.2) is 0 Å². The van der Waals surface area contributed by atoms with Crippen molar-refractivity contribution in [1.29, 1.82) is 0 Å². The Morgan fingerprint density at radius 2 is 2.04 bits per heavy atom. The number of benzene rings is 1. The molecule has 8 nitrogen and oxygen atoms in total. The average Bonchev–Trinajstić information content (AvgIpc) is 3.03. The largest absolute Gasteiger partial charge is 0.269 e. The lowest BCUT2D eigenvalue weighted by Gasteiger charge is -2.18. The van der Waals surface area contributed by atoms with Crippen molar-refractivity contribution < 1.29 is 4.92 Å². The van der Waals surface area contributed by atoms with E-state index >= 15 is 0 Å². The van der Waals surface area contributed by atoms with Gasteiger partial charge < -0.3 is 0 Å². The van der Waals surface area contributed by atoms with Crippen molar-refractivity contribution in [2.75, 3.05) is 5.43 Å². The first-order chi connectivity index (χ1) is 11.7. The third kappa shape index (κ3) is 4.54. The van der Waals surface area contributed by atoms with Gasteiger partial charge in [0.1, 0.15) is 0 Å². The summed E-state index contributed by atoms with van der Waals surface area (Å²) in [6, 6.07) is 6.14. The Morgan fingerprint density at radius 3 is 2.75 bits per heavy atom. The molecule has 0 saturated heterocycles. The van der Waals surface area contributed by atoms with Gasteiger partial charge in [-0.15, -0.1) is 5.10 Å². The van der Waals surface area contributed by atoms with Crippen LogP contribution in [-0.2, 0) is 0 Å². The van der Waals surface area contributed by atoms with E-state index in [1.165, 1.54) is 44.2 Å². The van der Waals surface area contributed by atoms with E-state index in [4.69, 9.17) is 0 Å². The molecule has 0 unspecified atom stereocenters. The second-order valence-corrected chi connectivity index (χ2v) is 6.83. The highest BCUT2D eigenvalue weighted by atomic mass is 32.2. The van der Waals surface area contributed by atoms with Crippen LogP contribution >= 0.6 is 11.8 Å². The number of non-ortho nitro benzene ring substituents is 1. The Hall–Kier alpha value is -2.42. The van der Waals surface area contributed by atoms with Crippen molar-refractivity contribution in [2.45, 2.75) is 42.5 Å². The Balaban J connectivity index is 1.51. The molecule has 24 heavy (non-hydrogen) atoms. The zero-order valence-electron chi connectivity index (χ0n) is 13.0. The van der Waals surface area contributed by atoms with Crippen LogP contribution in [0.25, 0.3) is 0 Å². The van der Waals surface area contributed by atoms with Crippen molar-refractivity contribution in [3.63, 3.8) is 0 Å². The van der Waals surface area contributed by atoms with Gasteiger partial charge in [0, 0.05) is 17.4 Å². The number of hydrogen-bond donors (Lipinski definition) is 2. The van der Waals surface area contributed by atoms with Gasteiger partial charge in [-0.05, 0) is 30.5 Å². The normalized spacial score (nSPS) is 15.7. The molecule has 1 aromatic heterocycles. The maximum Gasteiger partial charge on any atom is 0.269 e. The van der Waals surface area contributed by atoms with Crippen LogP contribution < -0.4 is 5.43 Å². The van der Waals surface area contributed by atoms with Gasteiger partial charge in [0.2, 0.25) is 11.1 Å². The summed E-state index contributed by atoms with van der Waals surface area (Å²) in [7, 11) is 0. The van der Waals surface area contributed by atoms with E-state index in [9.17, 15) is 10.1 Å². The maximum absolute atomic E-state index is 10.6. The SMILES string of the molecule is O=[N+]([O-])c1ccc(/C=N\Nc2nc(SC3CCCCC3)n[nH]2)cc1. The lowest BCUT2D eigenvalue weighted by molar-refractivity contribution is -0.384. The smallest absolute Gasteiger partial charge is 0.258 e. The fourth-order valence-electron chi connectivity index (χ4n) is 2.53. The van der Waals surface area contributed by atoms with Crippen molar-refractivity contribution in [3.8, 4) is 0 Å². The highest BCUT2D eigenvalue weighted by molar-refractivity contribution is 7.99. The molecule has 0 radical (unpaired) electrons. The second-order valence-electron chi connectivity index (χ2n) is 5.56. The molecule has 1 aromatic carbocycles. The van der Waals surface area contributed by atoms with E-state index in [0.29, 0.717) is 11.2 Å². The number of rotatable bonds is 6. The van der Waals surface area contributed by atoms with Crippen LogP contribution in [0.5, 0.6) is 0 Å². The Labute approximate surface area is 143 Å². The van der Waals surface area contributed by atoms with Gasteiger partial charge >= 0.3 is 0 Å². The minimum Gasteiger partial charge on any atom is -0.258 e. The molecule has 0 aliphatic heterocycles. The molecule has 0 spiro atoms. The minimum atomic E-state index is -0.431. The number of anilines is 1. The van der Waals surface area contributed by atoms with Crippen LogP contribution in [0.3, 0.4) is 0 Å². The third-order valence-corrected chi connectivity index (χ3v) is 4.98. The standard InChI is InChI=1S/C15H18N6O2S/c22-21(23)12-8-6-11(7-9-12)10-16-18-14-17-15(20-19-14)24-13-4-2-1-3-5-13/h6-10,13H,1-5H2,(H2,17,18,19,20)/b16-10-. The van der Waals surface area contributed by atoms with Crippen LogP contribution in [0.15, 0.2) is 34.5 Å². The lowest BCUT2D eigenvalue weighted by atomic mass is 10.0. The summed E-state index contributed by atoms with van der Waals surface area (Å²) < 4.78 is 0. The highest BCUT2D eigenvalue weighted by Gasteiger charge is 2.16. The molecule has 1 saturated carbocycles. The van der Waals surface area contributed by atoms with Gasteiger partial charge in [-0.3, -0.25) is 10.1 Å². The van der Waals surface area contributed by atoms with Gasteiger partial charge in [-0.1, -0.05) is 31.0 Å². The number of nitro benzene ring substituents is 1. The highest BCUT2D eigenvalue weighted by Crippen LogP contribution is 2.31. The molecule has 2 N–H and O–H groups in total. The number of nitrogens with one attached hydrogen (secondary N) is 2. The summed E-state index contributed by atoms with van der Waals surface area (Å²) in [6.45, 7) is 0. The zero-order chi connectivity index (χ0) is 16.8. The van der Waals surface area contributed by atoms with Crippen LogP contribution in [0.2, 0.25) is 0 Å². The molecule has 2 aromatic rings. The second kappa shape index (κ2) is 7.91. The number of aromatic amines is 1. The van der Waals surface area contributed by atoms with Crippen LogP contribution in [0.1, 0.15) is 37.7 Å². The average molecular weight is 346 g/mol. The van der Waals surface area contributed by atoms with E-state index < -0.39 is 4.92 Å². The summed E-state index contributed by atoms with van der Waals surface area (Å²) >= 11 is 1.71. The van der Waals surface area contributed by atoms with Gasteiger partial charge in [0.05, 0.1) is 11.1 Å². The maximum atomic E-state index is 10.6. The first kappa shape index (κ1) is 16.4. The predicted molar refractivity (Wildman–Crippen MR) is 93.4 cm³/mol. The molecule has 9 heteroatoms. The van der Waals surface area contributed by atoms with E-state index in [-0.39, 0.29) is 5.69 Å². The minimum absolute atomic E-state index is 0.0553. The number of aromatic nitrogens is 3. The van der Waals surface area contributed by atoms with E-state index in [2.05, 4.69) is 25.7 Å². The molecule has 1 aliphatic rings. The first-order valence-corrected chi connectivity index (χ1v) is 8.71. The van der Waals surface area contributed by atoms with Gasteiger partial charge in [-0.25, -0.2) is 10.5 Å².